The summed E-state index contributed by atoms with van der Waals surface area (Å²) in [5, 5.41) is -0.183. The maximum Gasteiger partial charge on any atom is 0.339 e. The fraction of sp³-hybridized carbons (Fsp3) is 0.462. The molecule has 4 heteroatoms. The molecule has 0 radical (unpaired) electrons. The van der Waals surface area contributed by atoms with Gasteiger partial charge in [-0.3, -0.25) is 0 Å². The Morgan fingerprint density at radius 1 is 1.47 bits per heavy atom. The molecule has 2 rings (SSSR count). The molecule has 1 fully saturated rings. The normalized spacial score (nSPS) is 19.4. The number of thioether (sulfide) groups is 1. The Hall–Kier alpha value is -1.16. The summed E-state index contributed by atoms with van der Waals surface area (Å²) < 4.78 is 5.10. The Morgan fingerprint density at radius 3 is 2.82 bits per heavy atom. The molecule has 0 aliphatic carbocycles. The molecule has 0 bridgehead atoms. The average molecular weight is 251 g/mol. The van der Waals surface area contributed by atoms with Gasteiger partial charge >= 0.3 is 5.97 Å². The fourth-order valence-electron chi connectivity index (χ4n) is 1.88. The molecule has 0 spiro atoms. The largest absolute Gasteiger partial charge is 0.464 e. The van der Waals surface area contributed by atoms with Crippen molar-refractivity contribution in [2.45, 2.75) is 19.2 Å². The summed E-state index contributed by atoms with van der Waals surface area (Å²) in [6.45, 7) is 5.24. The summed E-state index contributed by atoms with van der Waals surface area (Å²) in [5.41, 5.74) is 2.33. The van der Waals surface area contributed by atoms with Gasteiger partial charge in [0.1, 0.15) is 0 Å². The van der Waals surface area contributed by atoms with Crippen LogP contribution in [0, 0.1) is 6.92 Å². The first-order valence-electron chi connectivity index (χ1n) is 5.84. The number of esters is 1. The Labute approximate surface area is 106 Å². The number of benzene rings is 1. The van der Waals surface area contributed by atoms with E-state index in [0.29, 0.717) is 6.61 Å². The predicted molar refractivity (Wildman–Crippen MR) is 71.4 cm³/mol. The highest BCUT2D eigenvalue weighted by atomic mass is 32.2. The van der Waals surface area contributed by atoms with Crippen LogP contribution in [0.5, 0.6) is 0 Å². The van der Waals surface area contributed by atoms with Gasteiger partial charge in [-0.1, -0.05) is 17.7 Å². The minimum absolute atomic E-state index is 0.129. The number of carbonyl (C=O) groups is 1. The highest BCUT2D eigenvalue weighted by Gasteiger charge is 2.32. The second kappa shape index (κ2) is 5.45. The molecule has 1 saturated heterocycles. The zero-order chi connectivity index (χ0) is 12.3. The van der Waals surface area contributed by atoms with Crippen molar-refractivity contribution in [3.8, 4) is 0 Å². The van der Waals surface area contributed by atoms with E-state index in [2.05, 4.69) is 36.1 Å². The van der Waals surface area contributed by atoms with Crippen LogP contribution in [0.4, 0.5) is 5.69 Å². The standard InChI is InChI=1S/C13H17NO2S/c1-3-16-13(15)12-14(8-9-17-12)11-6-4-10(2)5-7-11/h4-7,12H,3,8-9H2,1-2H3/t12-/m0/s1. The first-order valence-corrected chi connectivity index (χ1v) is 6.89. The van der Waals surface area contributed by atoms with Crippen LogP contribution in [-0.4, -0.2) is 30.2 Å². The Balaban J connectivity index is 2.14. The van der Waals surface area contributed by atoms with Crippen LogP contribution in [0.15, 0.2) is 24.3 Å². The molecule has 1 aliphatic heterocycles. The highest BCUT2D eigenvalue weighted by Crippen LogP contribution is 2.30. The van der Waals surface area contributed by atoms with E-state index in [9.17, 15) is 4.79 Å². The predicted octanol–water partition coefficient (Wildman–Crippen LogP) is 2.44. The maximum absolute atomic E-state index is 11.8. The molecule has 1 aromatic carbocycles. The van der Waals surface area contributed by atoms with Gasteiger partial charge in [0.2, 0.25) is 0 Å². The van der Waals surface area contributed by atoms with Crippen molar-refractivity contribution in [1.82, 2.24) is 0 Å². The van der Waals surface area contributed by atoms with Crippen molar-refractivity contribution in [3.05, 3.63) is 29.8 Å². The molecule has 1 aromatic rings. The molecule has 1 aliphatic rings. The number of hydrogen-bond acceptors (Lipinski definition) is 4. The summed E-state index contributed by atoms with van der Waals surface area (Å²) in [6.07, 6.45) is 0. The van der Waals surface area contributed by atoms with Gasteiger partial charge in [-0.2, -0.15) is 0 Å². The van der Waals surface area contributed by atoms with Gasteiger partial charge in [0.25, 0.3) is 0 Å². The van der Waals surface area contributed by atoms with Crippen molar-refractivity contribution in [1.29, 1.82) is 0 Å². The number of anilines is 1. The maximum atomic E-state index is 11.8. The van der Waals surface area contributed by atoms with Gasteiger partial charge in [0.15, 0.2) is 5.37 Å². The summed E-state index contributed by atoms with van der Waals surface area (Å²) >= 11 is 1.65. The van der Waals surface area contributed by atoms with Crippen LogP contribution < -0.4 is 4.90 Å². The zero-order valence-electron chi connectivity index (χ0n) is 10.2. The number of rotatable bonds is 3. The van der Waals surface area contributed by atoms with E-state index in [1.54, 1.807) is 11.8 Å². The lowest BCUT2D eigenvalue weighted by atomic mass is 10.2. The monoisotopic (exact) mass is 251 g/mol. The SMILES string of the molecule is CCOC(=O)[C@@H]1SCCN1c1ccc(C)cc1. The molecule has 0 unspecified atom stereocenters. The lowest BCUT2D eigenvalue weighted by Crippen LogP contribution is -2.35. The third-order valence-electron chi connectivity index (χ3n) is 2.74. The van der Waals surface area contributed by atoms with E-state index >= 15 is 0 Å². The minimum atomic E-state index is -0.183. The highest BCUT2D eigenvalue weighted by molar-refractivity contribution is 8.01. The van der Waals surface area contributed by atoms with Crippen LogP contribution in [-0.2, 0) is 9.53 Å². The van der Waals surface area contributed by atoms with Gasteiger partial charge in [0.05, 0.1) is 6.61 Å². The zero-order valence-corrected chi connectivity index (χ0v) is 11.0. The molecule has 0 N–H and O–H groups in total. The van der Waals surface area contributed by atoms with E-state index in [-0.39, 0.29) is 11.3 Å². The van der Waals surface area contributed by atoms with Crippen LogP contribution >= 0.6 is 11.8 Å². The first kappa shape index (κ1) is 12.3. The summed E-state index contributed by atoms with van der Waals surface area (Å²) in [6, 6.07) is 8.27. The molecule has 0 amide bonds. The smallest absolute Gasteiger partial charge is 0.339 e. The van der Waals surface area contributed by atoms with E-state index in [1.807, 2.05) is 6.92 Å². The van der Waals surface area contributed by atoms with Gasteiger partial charge in [-0.05, 0) is 26.0 Å². The molecular formula is C13H17NO2S. The molecular weight excluding hydrogens is 234 g/mol. The minimum Gasteiger partial charge on any atom is -0.464 e. The van der Waals surface area contributed by atoms with Crippen LogP contribution in [0.1, 0.15) is 12.5 Å². The van der Waals surface area contributed by atoms with Crippen molar-refractivity contribution in [2.75, 3.05) is 23.8 Å². The fourth-order valence-corrected chi connectivity index (χ4v) is 3.02. The molecule has 17 heavy (non-hydrogen) atoms. The van der Waals surface area contributed by atoms with Crippen LogP contribution in [0.3, 0.4) is 0 Å². The lowest BCUT2D eigenvalue weighted by molar-refractivity contribution is -0.142. The van der Waals surface area contributed by atoms with Crippen molar-refractivity contribution in [2.24, 2.45) is 0 Å². The molecule has 3 nitrogen and oxygen atoms in total. The quantitative estimate of drug-likeness (QED) is 0.772. The number of hydrogen-bond donors (Lipinski definition) is 0. The first-order chi connectivity index (χ1) is 8.22. The van der Waals surface area contributed by atoms with Crippen molar-refractivity contribution >= 4 is 23.4 Å². The topological polar surface area (TPSA) is 29.5 Å². The molecule has 1 atom stereocenters. The molecule has 1 heterocycles. The summed E-state index contributed by atoms with van der Waals surface area (Å²) in [7, 11) is 0. The van der Waals surface area contributed by atoms with Gasteiger partial charge in [0, 0.05) is 18.0 Å². The van der Waals surface area contributed by atoms with E-state index < -0.39 is 0 Å². The van der Waals surface area contributed by atoms with Gasteiger partial charge in [-0.15, -0.1) is 11.8 Å². The third kappa shape index (κ3) is 2.75. The molecule has 92 valence electrons. The Morgan fingerprint density at radius 2 is 2.18 bits per heavy atom. The second-order valence-corrected chi connectivity index (χ2v) is 5.19. The van der Waals surface area contributed by atoms with Crippen molar-refractivity contribution in [3.63, 3.8) is 0 Å². The summed E-state index contributed by atoms with van der Waals surface area (Å²) in [5.74, 6) is 0.841. The number of carbonyl (C=O) groups excluding carboxylic acids is 1. The Bertz CT molecular complexity index is 391. The second-order valence-electron chi connectivity index (χ2n) is 4.00. The van der Waals surface area contributed by atoms with E-state index in [1.165, 1.54) is 5.56 Å². The lowest BCUT2D eigenvalue weighted by Gasteiger charge is -2.24. The van der Waals surface area contributed by atoms with E-state index in [0.717, 1.165) is 18.0 Å². The van der Waals surface area contributed by atoms with E-state index in [4.69, 9.17) is 4.74 Å². The number of aryl methyl sites for hydroxylation is 1. The summed E-state index contributed by atoms with van der Waals surface area (Å²) in [4.78, 5) is 13.9. The van der Waals surface area contributed by atoms with Crippen LogP contribution in [0.25, 0.3) is 0 Å². The van der Waals surface area contributed by atoms with Crippen molar-refractivity contribution < 1.29 is 9.53 Å². The van der Waals surface area contributed by atoms with Crippen LogP contribution in [0.2, 0.25) is 0 Å². The van der Waals surface area contributed by atoms with Gasteiger partial charge < -0.3 is 9.64 Å². The third-order valence-corrected chi connectivity index (χ3v) is 3.93. The molecule has 0 aromatic heterocycles. The molecule has 0 saturated carbocycles. The average Bonchev–Trinajstić information content (AvgIpc) is 2.79. The number of nitrogens with zero attached hydrogens (tertiary/aromatic N) is 1. The Kier molecular flexibility index (Phi) is 3.94. The van der Waals surface area contributed by atoms with Gasteiger partial charge in [-0.25, -0.2) is 4.79 Å². The number of ether oxygens (including phenoxy) is 1.